The molecule has 4 bridgehead atoms. The number of amidine groups is 1. The molecule has 1 unspecified atom stereocenters. The minimum absolute atomic E-state index is 0. The molecular formula is C22H29BrClN3OS. The van der Waals surface area contributed by atoms with Gasteiger partial charge in [-0.3, -0.25) is 9.79 Å². The number of hydrogen-bond donors (Lipinski definition) is 1. The van der Waals surface area contributed by atoms with E-state index in [0.29, 0.717) is 6.42 Å². The van der Waals surface area contributed by atoms with Crippen LogP contribution in [0.2, 0.25) is 0 Å². The standard InChI is InChI=1S/C22H28BrN3OS.ClH/c1-26-19(9-20(27)24-18-4-2-17(23)3-5-18)13-28-21(26)25-22-10-14-6-15(11-22)8-16(7-14)12-22;/h2-5,14-16,19H,6-13H2,1H3,(H,24,27);1H. The molecule has 0 aromatic heterocycles. The molecule has 5 fully saturated rings. The number of nitrogens with zero attached hydrogens (tertiary/aromatic N) is 2. The van der Waals surface area contributed by atoms with Crippen LogP contribution in [0.5, 0.6) is 0 Å². The van der Waals surface area contributed by atoms with E-state index in [-0.39, 0.29) is 29.9 Å². The molecule has 0 spiro atoms. The highest BCUT2D eigenvalue weighted by Gasteiger charge is 2.51. The van der Waals surface area contributed by atoms with Crippen LogP contribution in [0.4, 0.5) is 5.69 Å². The summed E-state index contributed by atoms with van der Waals surface area (Å²) in [5.41, 5.74) is 1.06. The molecule has 1 aromatic rings. The molecule has 29 heavy (non-hydrogen) atoms. The second kappa shape index (κ2) is 8.43. The Morgan fingerprint density at radius 1 is 1.17 bits per heavy atom. The van der Waals surface area contributed by atoms with Crippen LogP contribution in [0, 0.1) is 17.8 Å². The summed E-state index contributed by atoms with van der Waals surface area (Å²) >= 11 is 5.27. The molecule has 1 aromatic carbocycles. The number of hydrogen-bond acceptors (Lipinski definition) is 3. The number of thioether (sulfide) groups is 1. The van der Waals surface area contributed by atoms with Crippen molar-refractivity contribution in [3.63, 3.8) is 0 Å². The Hall–Kier alpha value is -0.720. The Morgan fingerprint density at radius 2 is 1.76 bits per heavy atom. The fraction of sp³-hybridized carbons (Fsp3) is 0.636. The summed E-state index contributed by atoms with van der Waals surface area (Å²) in [6.07, 6.45) is 8.76. The zero-order valence-electron chi connectivity index (χ0n) is 16.8. The molecule has 4 saturated carbocycles. The highest BCUT2D eigenvalue weighted by Crippen LogP contribution is 2.57. The zero-order chi connectivity index (χ0) is 19.3. The van der Waals surface area contributed by atoms with Gasteiger partial charge in [0.15, 0.2) is 5.17 Å². The fourth-order valence-electron chi connectivity index (χ4n) is 6.21. The van der Waals surface area contributed by atoms with E-state index in [9.17, 15) is 4.79 Å². The van der Waals surface area contributed by atoms with E-state index >= 15 is 0 Å². The van der Waals surface area contributed by atoms with Crippen LogP contribution in [-0.4, -0.2) is 40.4 Å². The maximum atomic E-state index is 12.5. The first-order valence-corrected chi connectivity index (χ1v) is 12.3. The van der Waals surface area contributed by atoms with Crippen molar-refractivity contribution in [1.82, 2.24) is 4.90 Å². The maximum absolute atomic E-state index is 12.5. The van der Waals surface area contributed by atoms with Crippen LogP contribution in [0.3, 0.4) is 0 Å². The summed E-state index contributed by atoms with van der Waals surface area (Å²) in [7, 11) is 2.12. The average molecular weight is 499 g/mol. The van der Waals surface area contributed by atoms with E-state index in [2.05, 4.69) is 33.2 Å². The monoisotopic (exact) mass is 497 g/mol. The smallest absolute Gasteiger partial charge is 0.226 e. The number of halogens is 2. The summed E-state index contributed by atoms with van der Waals surface area (Å²) in [5.74, 6) is 3.78. The van der Waals surface area contributed by atoms with Crippen molar-refractivity contribution < 1.29 is 4.79 Å². The minimum Gasteiger partial charge on any atom is -0.350 e. The van der Waals surface area contributed by atoms with Gasteiger partial charge in [0.25, 0.3) is 0 Å². The summed E-state index contributed by atoms with van der Waals surface area (Å²) in [4.78, 5) is 20.2. The third kappa shape index (κ3) is 4.49. The second-order valence-corrected chi connectivity index (χ2v) is 11.3. The number of anilines is 1. The first kappa shape index (κ1) is 21.5. The number of aliphatic imine (C=N–C) groups is 1. The lowest BCUT2D eigenvalue weighted by atomic mass is 9.53. The van der Waals surface area contributed by atoms with Crippen molar-refractivity contribution >= 4 is 56.9 Å². The van der Waals surface area contributed by atoms with Crippen molar-refractivity contribution in [2.24, 2.45) is 22.7 Å². The van der Waals surface area contributed by atoms with Gasteiger partial charge >= 0.3 is 0 Å². The van der Waals surface area contributed by atoms with Gasteiger partial charge in [-0.15, -0.1) is 12.4 Å². The Balaban J connectivity index is 0.00000205. The minimum atomic E-state index is 0. The van der Waals surface area contributed by atoms with Crippen LogP contribution in [0.25, 0.3) is 0 Å². The molecular weight excluding hydrogens is 470 g/mol. The largest absolute Gasteiger partial charge is 0.350 e. The van der Waals surface area contributed by atoms with Crippen molar-refractivity contribution in [1.29, 1.82) is 0 Å². The lowest BCUT2D eigenvalue weighted by Crippen LogP contribution is -2.50. The van der Waals surface area contributed by atoms with E-state index in [0.717, 1.165) is 33.7 Å². The van der Waals surface area contributed by atoms with Crippen LogP contribution in [-0.2, 0) is 4.79 Å². The van der Waals surface area contributed by atoms with E-state index in [1.165, 1.54) is 43.7 Å². The molecule has 4 nitrogen and oxygen atoms in total. The van der Waals surface area contributed by atoms with Crippen molar-refractivity contribution in [2.75, 3.05) is 18.1 Å². The van der Waals surface area contributed by atoms with Gasteiger partial charge in [-0.25, -0.2) is 0 Å². The van der Waals surface area contributed by atoms with Crippen LogP contribution in [0.1, 0.15) is 44.9 Å². The summed E-state index contributed by atoms with van der Waals surface area (Å²) in [6, 6.07) is 7.98. The van der Waals surface area contributed by atoms with Crippen molar-refractivity contribution in [2.45, 2.75) is 56.5 Å². The number of carbonyl (C=O) groups excluding carboxylic acids is 1. The van der Waals surface area contributed by atoms with E-state index in [4.69, 9.17) is 4.99 Å². The van der Waals surface area contributed by atoms with E-state index < -0.39 is 0 Å². The zero-order valence-corrected chi connectivity index (χ0v) is 20.0. The van der Waals surface area contributed by atoms with Gasteiger partial charge in [0.2, 0.25) is 5.91 Å². The van der Waals surface area contributed by atoms with Crippen LogP contribution in [0.15, 0.2) is 33.7 Å². The molecule has 1 aliphatic heterocycles. The molecule has 1 saturated heterocycles. The molecule has 1 atom stereocenters. The first-order valence-electron chi connectivity index (χ1n) is 10.5. The molecule has 6 rings (SSSR count). The molecule has 1 N–H and O–H groups in total. The lowest BCUT2D eigenvalue weighted by Gasteiger charge is -2.55. The summed E-state index contributed by atoms with van der Waals surface area (Å²) < 4.78 is 1.02. The van der Waals surface area contributed by atoms with Gasteiger partial charge in [0.1, 0.15) is 0 Å². The number of benzene rings is 1. The third-order valence-corrected chi connectivity index (χ3v) is 8.86. The predicted octanol–water partition coefficient (Wildman–Crippen LogP) is 5.57. The van der Waals surface area contributed by atoms with Gasteiger partial charge in [0.05, 0.1) is 5.54 Å². The van der Waals surface area contributed by atoms with Gasteiger partial charge in [-0.1, -0.05) is 27.7 Å². The Kier molecular flexibility index (Phi) is 6.25. The average Bonchev–Trinajstić information content (AvgIpc) is 2.95. The number of amides is 1. The highest BCUT2D eigenvalue weighted by atomic mass is 79.9. The lowest BCUT2D eigenvalue weighted by molar-refractivity contribution is -0.116. The van der Waals surface area contributed by atoms with Crippen molar-refractivity contribution in [3.8, 4) is 0 Å². The van der Waals surface area contributed by atoms with Crippen molar-refractivity contribution in [3.05, 3.63) is 28.7 Å². The SMILES string of the molecule is CN1C(=NC23CC4CC(CC(C4)C2)C3)SCC1CC(=O)Nc1ccc(Br)cc1.Cl. The Morgan fingerprint density at radius 3 is 2.34 bits per heavy atom. The number of nitrogens with one attached hydrogen (secondary N) is 1. The second-order valence-electron chi connectivity index (χ2n) is 9.37. The predicted molar refractivity (Wildman–Crippen MR) is 127 cm³/mol. The highest BCUT2D eigenvalue weighted by molar-refractivity contribution is 9.10. The quantitative estimate of drug-likeness (QED) is 0.590. The van der Waals surface area contributed by atoms with Gasteiger partial charge in [-0.2, -0.15) is 0 Å². The molecule has 158 valence electrons. The molecule has 4 aliphatic carbocycles. The van der Waals surface area contributed by atoms with Crippen LogP contribution >= 0.6 is 40.1 Å². The summed E-state index contributed by atoms with van der Waals surface area (Å²) in [5, 5.41) is 4.19. The van der Waals surface area contributed by atoms with E-state index in [1.54, 1.807) is 0 Å². The molecule has 1 heterocycles. The normalized spacial score (nSPS) is 36.3. The molecule has 7 heteroatoms. The first-order chi connectivity index (χ1) is 13.5. The van der Waals surface area contributed by atoms with Gasteiger partial charge < -0.3 is 10.2 Å². The Bertz CT molecular complexity index is 764. The topological polar surface area (TPSA) is 44.7 Å². The maximum Gasteiger partial charge on any atom is 0.226 e. The summed E-state index contributed by atoms with van der Waals surface area (Å²) in [6.45, 7) is 0. The molecule has 0 radical (unpaired) electrons. The number of carbonyl (C=O) groups is 1. The fourth-order valence-corrected chi connectivity index (χ4v) is 7.77. The Labute approximate surface area is 192 Å². The van der Waals surface area contributed by atoms with Crippen LogP contribution < -0.4 is 5.32 Å². The molecule has 5 aliphatic rings. The van der Waals surface area contributed by atoms with Gasteiger partial charge in [-0.05, 0) is 80.5 Å². The molecule has 1 amide bonds. The van der Waals surface area contributed by atoms with Gasteiger partial charge in [0, 0.05) is 35.4 Å². The third-order valence-electron chi connectivity index (χ3n) is 7.14. The number of rotatable bonds is 4. The van der Waals surface area contributed by atoms with E-state index in [1.807, 2.05) is 36.0 Å².